The Morgan fingerprint density at radius 2 is 1.85 bits per heavy atom. The van der Waals surface area contributed by atoms with E-state index in [2.05, 4.69) is 12.1 Å². The molecule has 1 aliphatic rings. The third-order valence-corrected chi connectivity index (χ3v) is 6.89. The van der Waals surface area contributed by atoms with E-state index in [-0.39, 0.29) is 5.92 Å². The molecule has 0 amide bonds. The first-order chi connectivity index (χ1) is 12.8. The summed E-state index contributed by atoms with van der Waals surface area (Å²) in [6, 6.07) is 12.1. The van der Waals surface area contributed by atoms with Crippen LogP contribution in [0.1, 0.15) is 30.1 Å². The summed E-state index contributed by atoms with van der Waals surface area (Å²) in [5, 5.41) is 0. The molecule has 0 unspecified atom stereocenters. The summed E-state index contributed by atoms with van der Waals surface area (Å²) in [4.78, 5) is 4.72. The summed E-state index contributed by atoms with van der Waals surface area (Å²) in [5.41, 5.74) is 4.08. The maximum absolute atomic E-state index is 12.5. The Balaban J connectivity index is 1.89. The van der Waals surface area contributed by atoms with Crippen molar-refractivity contribution in [2.45, 2.75) is 25.7 Å². The Morgan fingerprint density at radius 1 is 1.15 bits per heavy atom. The molecule has 1 aliphatic heterocycles. The SMILES string of the molecule is COc1ccc(-c2cc(C)nc([C@H]3CCCN(S(=O)(=O)N(C)C)C3)c2)cc1. The Morgan fingerprint density at radius 3 is 2.48 bits per heavy atom. The second kappa shape index (κ2) is 7.96. The number of benzene rings is 1. The van der Waals surface area contributed by atoms with Crippen LogP contribution >= 0.6 is 0 Å². The van der Waals surface area contributed by atoms with Gasteiger partial charge in [0.15, 0.2) is 0 Å². The van der Waals surface area contributed by atoms with Gasteiger partial charge in [-0.2, -0.15) is 17.0 Å². The van der Waals surface area contributed by atoms with Gasteiger partial charge in [-0.1, -0.05) is 12.1 Å². The molecule has 3 rings (SSSR count). The summed E-state index contributed by atoms with van der Waals surface area (Å²) < 4.78 is 33.1. The first-order valence-corrected chi connectivity index (χ1v) is 10.5. The van der Waals surface area contributed by atoms with Crippen LogP contribution in [-0.2, 0) is 10.2 Å². The molecule has 0 spiro atoms. The normalized spacial score (nSPS) is 18.6. The molecule has 2 heterocycles. The zero-order valence-electron chi connectivity index (χ0n) is 16.3. The van der Waals surface area contributed by atoms with Gasteiger partial charge in [-0.3, -0.25) is 4.98 Å². The van der Waals surface area contributed by atoms with Gasteiger partial charge in [-0.05, 0) is 55.2 Å². The van der Waals surface area contributed by atoms with Crippen molar-refractivity contribution in [3.05, 3.63) is 47.8 Å². The molecule has 1 fully saturated rings. The largest absolute Gasteiger partial charge is 0.497 e. The van der Waals surface area contributed by atoms with E-state index in [9.17, 15) is 8.42 Å². The first-order valence-electron chi connectivity index (χ1n) is 9.12. The van der Waals surface area contributed by atoms with E-state index in [1.54, 1.807) is 25.5 Å². The molecule has 0 N–H and O–H groups in total. The summed E-state index contributed by atoms with van der Waals surface area (Å²) in [6.07, 6.45) is 1.78. The lowest BCUT2D eigenvalue weighted by molar-refractivity contribution is 0.296. The van der Waals surface area contributed by atoms with E-state index < -0.39 is 10.2 Å². The number of hydrogen-bond acceptors (Lipinski definition) is 4. The van der Waals surface area contributed by atoms with Crippen molar-refractivity contribution >= 4 is 10.2 Å². The summed E-state index contributed by atoms with van der Waals surface area (Å²) in [7, 11) is 1.41. The van der Waals surface area contributed by atoms with E-state index in [4.69, 9.17) is 9.72 Å². The van der Waals surface area contributed by atoms with Crippen molar-refractivity contribution in [1.82, 2.24) is 13.6 Å². The van der Waals surface area contributed by atoms with Gasteiger partial charge in [-0.25, -0.2) is 0 Å². The van der Waals surface area contributed by atoms with E-state index in [0.29, 0.717) is 13.1 Å². The monoisotopic (exact) mass is 389 g/mol. The minimum Gasteiger partial charge on any atom is -0.497 e. The highest BCUT2D eigenvalue weighted by atomic mass is 32.2. The fourth-order valence-electron chi connectivity index (χ4n) is 3.48. The molecule has 1 aromatic heterocycles. The van der Waals surface area contributed by atoms with Gasteiger partial charge in [0.2, 0.25) is 0 Å². The third kappa shape index (κ3) is 4.31. The molecule has 1 atom stereocenters. The third-order valence-electron chi connectivity index (χ3n) is 4.99. The molecule has 0 saturated carbocycles. The molecule has 0 radical (unpaired) electrons. The number of aryl methyl sites for hydroxylation is 1. The Labute approximate surface area is 162 Å². The lowest BCUT2D eigenvalue weighted by Crippen LogP contribution is -2.45. The zero-order chi connectivity index (χ0) is 19.6. The van der Waals surface area contributed by atoms with E-state index in [1.165, 1.54) is 4.31 Å². The lowest BCUT2D eigenvalue weighted by Gasteiger charge is -2.33. The fourth-order valence-corrected chi connectivity index (χ4v) is 4.67. The molecular formula is C20H27N3O3S. The Bertz CT molecular complexity index is 895. The minimum atomic E-state index is -3.40. The zero-order valence-corrected chi connectivity index (χ0v) is 17.2. The molecule has 0 bridgehead atoms. The van der Waals surface area contributed by atoms with Crippen LogP contribution in [0.15, 0.2) is 36.4 Å². The van der Waals surface area contributed by atoms with Gasteiger partial charge in [0.25, 0.3) is 10.2 Å². The van der Waals surface area contributed by atoms with Gasteiger partial charge in [0, 0.05) is 44.5 Å². The van der Waals surface area contributed by atoms with Crippen molar-refractivity contribution in [1.29, 1.82) is 0 Å². The molecule has 6 nitrogen and oxygen atoms in total. The molecule has 27 heavy (non-hydrogen) atoms. The van der Waals surface area contributed by atoms with E-state index in [0.717, 1.165) is 41.1 Å². The molecule has 146 valence electrons. The number of methoxy groups -OCH3 is 1. The maximum atomic E-state index is 12.5. The van der Waals surface area contributed by atoms with Crippen LogP contribution in [0.2, 0.25) is 0 Å². The number of aromatic nitrogens is 1. The van der Waals surface area contributed by atoms with Gasteiger partial charge < -0.3 is 4.74 Å². The first kappa shape index (κ1) is 19.8. The highest BCUT2D eigenvalue weighted by Crippen LogP contribution is 2.31. The highest BCUT2D eigenvalue weighted by molar-refractivity contribution is 7.86. The number of piperidine rings is 1. The van der Waals surface area contributed by atoms with E-state index >= 15 is 0 Å². The van der Waals surface area contributed by atoms with Crippen LogP contribution < -0.4 is 4.74 Å². The van der Waals surface area contributed by atoms with Crippen molar-refractivity contribution in [2.24, 2.45) is 0 Å². The van der Waals surface area contributed by atoms with Crippen LogP contribution in [0, 0.1) is 6.92 Å². The van der Waals surface area contributed by atoms with Crippen molar-refractivity contribution in [2.75, 3.05) is 34.3 Å². The second-order valence-electron chi connectivity index (χ2n) is 7.14. The standard InChI is InChI=1S/C20H27N3O3S/c1-15-12-18(16-7-9-19(26-4)10-8-16)13-20(21-15)17-6-5-11-23(14-17)27(24,25)22(2)3/h7-10,12-13,17H,5-6,11,14H2,1-4H3/t17-/m0/s1. The summed E-state index contributed by atoms with van der Waals surface area (Å²) in [6.45, 7) is 3.01. The molecule has 1 saturated heterocycles. The molecule has 0 aliphatic carbocycles. The average molecular weight is 390 g/mol. The number of nitrogens with zero attached hydrogens (tertiary/aromatic N) is 3. The van der Waals surface area contributed by atoms with Crippen LogP contribution in [-0.4, -0.2) is 56.3 Å². The summed E-state index contributed by atoms with van der Waals surface area (Å²) in [5.74, 6) is 0.923. The fraction of sp³-hybridized carbons (Fsp3) is 0.450. The number of pyridine rings is 1. The van der Waals surface area contributed by atoms with Crippen LogP contribution in [0.4, 0.5) is 0 Å². The highest BCUT2D eigenvalue weighted by Gasteiger charge is 2.31. The number of rotatable bonds is 5. The topological polar surface area (TPSA) is 62.7 Å². The predicted molar refractivity (Wildman–Crippen MR) is 107 cm³/mol. The average Bonchev–Trinajstić information content (AvgIpc) is 2.67. The molecular weight excluding hydrogens is 362 g/mol. The summed E-state index contributed by atoms with van der Waals surface area (Å²) >= 11 is 0. The maximum Gasteiger partial charge on any atom is 0.281 e. The number of hydrogen-bond donors (Lipinski definition) is 0. The van der Waals surface area contributed by atoms with Crippen molar-refractivity contribution in [3.8, 4) is 16.9 Å². The second-order valence-corrected chi connectivity index (χ2v) is 9.28. The van der Waals surface area contributed by atoms with Gasteiger partial charge in [0.1, 0.15) is 5.75 Å². The Hall–Kier alpha value is -1.96. The smallest absolute Gasteiger partial charge is 0.281 e. The Kier molecular flexibility index (Phi) is 5.83. The van der Waals surface area contributed by atoms with Crippen LogP contribution in [0.25, 0.3) is 11.1 Å². The molecule has 1 aromatic carbocycles. The van der Waals surface area contributed by atoms with Crippen LogP contribution in [0.3, 0.4) is 0 Å². The van der Waals surface area contributed by atoms with Gasteiger partial charge >= 0.3 is 0 Å². The van der Waals surface area contributed by atoms with Gasteiger partial charge in [0.05, 0.1) is 7.11 Å². The molecule has 7 heteroatoms. The van der Waals surface area contributed by atoms with Crippen LogP contribution in [0.5, 0.6) is 5.75 Å². The van der Waals surface area contributed by atoms with Crippen molar-refractivity contribution in [3.63, 3.8) is 0 Å². The number of ether oxygens (including phenoxy) is 1. The molecule has 2 aromatic rings. The van der Waals surface area contributed by atoms with Gasteiger partial charge in [-0.15, -0.1) is 0 Å². The predicted octanol–water partition coefficient (Wildman–Crippen LogP) is 3.05. The van der Waals surface area contributed by atoms with Crippen molar-refractivity contribution < 1.29 is 13.2 Å². The minimum absolute atomic E-state index is 0.102. The quantitative estimate of drug-likeness (QED) is 0.788. The van der Waals surface area contributed by atoms with E-state index in [1.807, 2.05) is 31.2 Å². The lowest BCUT2D eigenvalue weighted by atomic mass is 9.93.